The molecule has 160 valence electrons. The maximum Gasteiger partial charge on any atom is 0.254 e. The van der Waals surface area contributed by atoms with Crippen LogP contribution in [-0.2, 0) is 6.42 Å². The molecule has 2 N–H and O–H groups in total. The van der Waals surface area contributed by atoms with Gasteiger partial charge in [-0.05, 0) is 42.8 Å². The molecule has 2 fully saturated rings. The standard InChI is InChI=1S/C26H24N4O2/c1-29-13-19-11-18(29)14-30(19)26(32)16-7-8-20-17(9-16)10-21-22(25(27)31)12-23(28-24(20)21)15-5-3-2-4-6-15/h2-9,12,18-19H,10-11,13-14H2,1H3,(H2,27,31)/t18-,19-/m1/s1. The van der Waals surface area contributed by atoms with E-state index in [-0.39, 0.29) is 5.91 Å². The molecule has 1 aromatic heterocycles. The van der Waals surface area contributed by atoms with E-state index < -0.39 is 5.91 Å². The number of primary amides is 1. The van der Waals surface area contributed by atoms with E-state index in [1.165, 1.54) is 0 Å². The summed E-state index contributed by atoms with van der Waals surface area (Å²) in [6, 6.07) is 18.2. The van der Waals surface area contributed by atoms with Crippen LogP contribution in [0.15, 0.2) is 54.6 Å². The molecule has 3 aromatic rings. The fourth-order valence-corrected chi connectivity index (χ4v) is 5.52. The zero-order chi connectivity index (χ0) is 22.0. The van der Waals surface area contributed by atoms with E-state index >= 15 is 0 Å². The van der Waals surface area contributed by atoms with Crippen LogP contribution in [0.1, 0.15) is 38.3 Å². The molecule has 0 radical (unpaired) electrons. The second-order valence-electron chi connectivity index (χ2n) is 9.10. The predicted molar refractivity (Wildman–Crippen MR) is 122 cm³/mol. The van der Waals surface area contributed by atoms with Gasteiger partial charge >= 0.3 is 0 Å². The lowest BCUT2D eigenvalue weighted by atomic mass is 10.0. The first-order valence-corrected chi connectivity index (χ1v) is 11.0. The van der Waals surface area contributed by atoms with Gasteiger partial charge in [0.2, 0.25) is 5.91 Å². The summed E-state index contributed by atoms with van der Waals surface area (Å²) in [4.78, 5) is 34.8. The van der Waals surface area contributed by atoms with Crippen molar-refractivity contribution in [2.75, 3.05) is 20.1 Å². The first-order chi connectivity index (χ1) is 15.5. The quantitative estimate of drug-likeness (QED) is 0.548. The Morgan fingerprint density at radius 1 is 1.03 bits per heavy atom. The summed E-state index contributed by atoms with van der Waals surface area (Å²) in [5, 5.41) is 0. The van der Waals surface area contributed by atoms with E-state index in [4.69, 9.17) is 10.7 Å². The van der Waals surface area contributed by atoms with Gasteiger partial charge in [-0.1, -0.05) is 36.4 Å². The van der Waals surface area contributed by atoms with Crippen LogP contribution in [0.2, 0.25) is 0 Å². The number of likely N-dealkylation sites (N-methyl/N-ethyl adjacent to an activating group) is 1. The number of nitrogens with zero attached hydrogens (tertiary/aromatic N) is 3. The van der Waals surface area contributed by atoms with Crippen LogP contribution in [0.3, 0.4) is 0 Å². The molecule has 2 aliphatic heterocycles. The van der Waals surface area contributed by atoms with Crippen molar-refractivity contribution in [3.05, 3.63) is 76.9 Å². The van der Waals surface area contributed by atoms with Gasteiger partial charge in [0.1, 0.15) is 0 Å². The van der Waals surface area contributed by atoms with E-state index in [2.05, 4.69) is 11.9 Å². The summed E-state index contributed by atoms with van der Waals surface area (Å²) in [5.74, 6) is -0.362. The smallest absolute Gasteiger partial charge is 0.254 e. The second-order valence-corrected chi connectivity index (χ2v) is 9.10. The highest BCUT2D eigenvalue weighted by atomic mass is 16.2. The molecule has 3 heterocycles. The van der Waals surface area contributed by atoms with Crippen LogP contribution < -0.4 is 5.73 Å². The number of benzene rings is 2. The van der Waals surface area contributed by atoms with Gasteiger partial charge < -0.3 is 10.6 Å². The van der Waals surface area contributed by atoms with E-state index in [1.807, 2.05) is 53.4 Å². The molecule has 0 spiro atoms. The number of carbonyl (C=O) groups excluding carboxylic acids is 2. The highest BCUT2D eigenvalue weighted by Gasteiger charge is 2.43. The molecular weight excluding hydrogens is 400 g/mol. The van der Waals surface area contributed by atoms with Crippen LogP contribution in [0, 0.1) is 0 Å². The molecule has 2 atom stereocenters. The van der Waals surface area contributed by atoms with Crippen LogP contribution in [0.5, 0.6) is 0 Å². The molecule has 2 saturated heterocycles. The Kier molecular flexibility index (Phi) is 4.20. The molecule has 32 heavy (non-hydrogen) atoms. The number of piperazine rings is 1. The zero-order valence-corrected chi connectivity index (χ0v) is 17.9. The maximum atomic E-state index is 13.2. The first kappa shape index (κ1) is 19.2. The van der Waals surface area contributed by atoms with Gasteiger partial charge in [-0.15, -0.1) is 0 Å². The van der Waals surface area contributed by atoms with Crippen LogP contribution in [-0.4, -0.2) is 58.8 Å². The number of carbonyl (C=O) groups is 2. The summed E-state index contributed by atoms with van der Waals surface area (Å²) >= 11 is 0. The number of amides is 2. The third-order valence-corrected chi connectivity index (χ3v) is 7.21. The lowest BCUT2D eigenvalue weighted by Crippen LogP contribution is -2.47. The Bertz CT molecular complexity index is 1270. The molecule has 6 rings (SSSR count). The van der Waals surface area contributed by atoms with Gasteiger partial charge in [0.25, 0.3) is 5.91 Å². The average Bonchev–Trinajstić information content (AvgIpc) is 3.49. The summed E-state index contributed by atoms with van der Waals surface area (Å²) in [6.45, 7) is 1.74. The van der Waals surface area contributed by atoms with Gasteiger partial charge in [0.05, 0.1) is 11.4 Å². The number of pyridine rings is 1. The van der Waals surface area contributed by atoms with Gasteiger partial charge in [0, 0.05) is 53.8 Å². The fraction of sp³-hybridized carbons (Fsp3) is 0.269. The number of aromatic nitrogens is 1. The molecule has 0 saturated carbocycles. The Morgan fingerprint density at radius 3 is 2.53 bits per heavy atom. The van der Waals surface area contributed by atoms with Crippen molar-refractivity contribution in [1.29, 1.82) is 0 Å². The molecule has 6 nitrogen and oxygen atoms in total. The van der Waals surface area contributed by atoms with Crippen molar-refractivity contribution in [3.63, 3.8) is 0 Å². The van der Waals surface area contributed by atoms with E-state index in [0.29, 0.717) is 29.6 Å². The molecular formula is C26H24N4O2. The molecule has 2 bridgehead atoms. The van der Waals surface area contributed by atoms with E-state index in [0.717, 1.165) is 53.2 Å². The molecule has 2 aromatic carbocycles. The van der Waals surface area contributed by atoms with Crippen molar-refractivity contribution in [3.8, 4) is 22.5 Å². The van der Waals surface area contributed by atoms with Gasteiger partial charge in [-0.25, -0.2) is 4.98 Å². The lowest BCUT2D eigenvalue weighted by molar-refractivity contribution is 0.0650. The summed E-state index contributed by atoms with van der Waals surface area (Å²) in [6.07, 6.45) is 1.62. The van der Waals surface area contributed by atoms with Gasteiger partial charge in [-0.2, -0.15) is 0 Å². The minimum absolute atomic E-state index is 0.0948. The van der Waals surface area contributed by atoms with Crippen molar-refractivity contribution < 1.29 is 9.59 Å². The number of likely N-dealkylation sites (tertiary alicyclic amines) is 2. The lowest BCUT2D eigenvalue weighted by Gasteiger charge is -2.32. The SMILES string of the molecule is CN1C[C@H]2C[C@@H]1CN2C(=O)c1ccc2c(c1)Cc1c(C(N)=O)cc(-c3ccccc3)nc1-2. The van der Waals surface area contributed by atoms with E-state index in [9.17, 15) is 9.59 Å². The zero-order valence-electron chi connectivity index (χ0n) is 17.9. The monoisotopic (exact) mass is 424 g/mol. The fourth-order valence-electron chi connectivity index (χ4n) is 5.52. The summed E-state index contributed by atoms with van der Waals surface area (Å²) in [5.41, 5.74) is 12.2. The Balaban J connectivity index is 1.38. The summed E-state index contributed by atoms with van der Waals surface area (Å²) < 4.78 is 0. The van der Waals surface area contributed by atoms with Gasteiger partial charge in [-0.3, -0.25) is 14.5 Å². The topological polar surface area (TPSA) is 79.5 Å². The van der Waals surface area contributed by atoms with Gasteiger partial charge in [0.15, 0.2) is 0 Å². The second kappa shape index (κ2) is 7.00. The molecule has 6 heteroatoms. The number of nitrogens with two attached hydrogens (primary N) is 1. The van der Waals surface area contributed by atoms with Crippen LogP contribution in [0.25, 0.3) is 22.5 Å². The Hall–Kier alpha value is -3.51. The highest BCUT2D eigenvalue weighted by molar-refractivity contribution is 6.00. The maximum absolute atomic E-state index is 13.2. The highest BCUT2D eigenvalue weighted by Crippen LogP contribution is 2.40. The van der Waals surface area contributed by atoms with Crippen LogP contribution in [0.4, 0.5) is 0 Å². The number of rotatable bonds is 3. The normalized spacial score (nSPS) is 21.0. The van der Waals surface area contributed by atoms with Crippen molar-refractivity contribution in [2.45, 2.75) is 24.9 Å². The van der Waals surface area contributed by atoms with Crippen molar-refractivity contribution in [2.24, 2.45) is 5.73 Å². The van der Waals surface area contributed by atoms with E-state index in [1.54, 1.807) is 6.07 Å². The molecule has 2 amide bonds. The molecule has 0 unspecified atom stereocenters. The third-order valence-electron chi connectivity index (χ3n) is 7.21. The minimum atomic E-state index is -0.456. The summed E-state index contributed by atoms with van der Waals surface area (Å²) in [7, 11) is 2.13. The van der Waals surface area contributed by atoms with Crippen molar-refractivity contribution in [1.82, 2.24) is 14.8 Å². The van der Waals surface area contributed by atoms with Crippen molar-refractivity contribution >= 4 is 11.8 Å². The predicted octanol–water partition coefficient (Wildman–Crippen LogP) is 2.95. The average molecular weight is 425 g/mol. The third kappa shape index (κ3) is 2.87. The molecule has 3 aliphatic rings. The minimum Gasteiger partial charge on any atom is -0.366 e. The molecule has 1 aliphatic carbocycles. The Morgan fingerprint density at radius 2 is 1.84 bits per heavy atom. The largest absolute Gasteiger partial charge is 0.366 e. The number of fused-ring (bicyclic) bond motifs is 5. The van der Waals surface area contributed by atoms with Crippen LogP contribution >= 0.6 is 0 Å². The number of hydrogen-bond acceptors (Lipinski definition) is 4. The Labute approximate surface area is 186 Å². The first-order valence-electron chi connectivity index (χ1n) is 11.0. The number of hydrogen-bond donors (Lipinski definition) is 1.